The van der Waals surface area contributed by atoms with Gasteiger partial charge in [0.2, 0.25) is 0 Å². The van der Waals surface area contributed by atoms with Gasteiger partial charge < -0.3 is 10.1 Å². The second kappa shape index (κ2) is 6.68. The molecule has 80 valence electrons. The highest BCUT2D eigenvalue weighted by Gasteiger charge is 2.22. The van der Waals surface area contributed by atoms with Crippen LogP contribution in [0, 0.1) is 5.41 Å². The van der Waals surface area contributed by atoms with E-state index in [2.05, 4.69) is 26.1 Å². The molecule has 0 saturated heterocycles. The molecule has 0 amide bonds. The van der Waals surface area contributed by atoms with Crippen LogP contribution in [0.25, 0.3) is 0 Å². The molecule has 0 aromatic carbocycles. The van der Waals surface area contributed by atoms with Gasteiger partial charge in [-0.05, 0) is 12.5 Å². The van der Waals surface area contributed by atoms with Gasteiger partial charge in [0, 0.05) is 24.7 Å². The Kier molecular flexibility index (Phi) is 6.82. The van der Waals surface area contributed by atoms with Crippen molar-refractivity contribution in [2.24, 2.45) is 5.41 Å². The van der Waals surface area contributed by atoms with Crippen LogP contribution in [-0.2, 0) is 4.74 Å². The standard InChI is InChI=1S/C10H23NOS/c1-10(2,3)9(11-4)8-13-7-6-12-5/h9,11H,6-8H2,1-5H3. The fourth-order valence-corrected chi connectivity index (χ4v) is 2.46. The molecule has 0 aromatic rings. The Balaban J connectivity index is 3.61. The first-order chi connectivity index (χ1) is 6.02. The Morgan fingerprint density at radius 2 is 2.00 bits per heavy atom. The van der Waals surface area contributed by atoms with Gasteiger partial charge in [-0.1, -0.05) is 20.8 Å². The fraction of sp³-hybridized carbons (Fsp3) is 1.00. The molecule has 0 aliphatic carbocycles. The Hall–Kier alpha value is 0.270. The molecule has 0 radical (unpaired) electrons. The van der Waals surface area contributed by atoms with Crippen molar-refractivity contribution in [2.75, 3.05) is 32.3 Å². The van der Waals surface area contributed by atoms with Gasteiger partial charge in [-0.2, -0.15) is 11.8 Å². The van der Waals surface area contributed by atoms with E-state index in [1.54, 1.807) is 7.11 Å². The summed E-state index contributed by atoms with van der Waals surface area (Å²) in [6.07, 6.45) is 0. The zero-order chi connectivity index (χ0) is 10.3. The smallest absolute Gasteiger partial charge is 0.0552 e. The van der Waals surface area contributed by atoms with E-state index in [1.807, 2.05) is 18.8 Å². The molecule has 1 N–H and O–H groups in total. The lowest BCUT2D eigenvalue weighted by molar-refractivity contribution is 0.218. The predicted molar refractivity (Wildman–Crippen MR) is 61.5 cm³/mol. The van der Waals surface area contributed by atoms with Crippen molar-refractivity contribution in [1.29, 1.82) is 0 Å². The monoisotopic (exact) mass is 205 g/mol. The zero-order valence-corrected chi connectivity index (χ0v) is 10.3. The maximum atomic E-state index is 5.00. The Labute approximate surface area is 86.8 Å². The van der Waals surface area contributed by atoms with Crippen LogP contribution >= 0.6 is 11.8 Å². The molecular weight excluding hydrogens is 182 g/mol. The van der Waals surface area contributed by atoms with Gasteiger partial charge in [0.05, 0.1) is 6.61 Å². The molecule has 0 aliphatic rings. The van der Waals surface area contributed by atoms with E-state index in [-0.39, 0.29) is 0 Å². The van der Waals surface area contributed by atoms with Crippen molar-refractivity contribution >= 4 is 11.8 Å². The van der Waals surface area contributed by atoms with Crippen LogP contribution in [0.4, 0.5) is 0 Å². The average Bonchev–Trinajstić information content (AvgIpc) is 2.02. The fourth-order valence-electron chi connectivity index (χ4n) is 1.11. The summed E-state index contributed by atoms with van der Waals surface area (Å²) in [6, 6.07) is 0.578. The Morgan fingerprint density at radius 1 is 1.38 bits per heavy atom. The van der Waals surface area contributed by atoms with E-state index < -0.39 is 0 Å². The number of hydrogen-bond donors (Lipinski definition) is 1. The number of nitrogens with one attached hydrogen (secondary N) is 1. The number of ether oxygens (including phenoxy) is 1. The van der Waals surface area contributed by atoms with E-state index in [0.717, 1.165) is 18.1 Å². The normalized spacial score (nSPS) is 14.5. The van der Waals surface area contributed by atoms with E-state index >= 15 is 0 Å². The van der Waals surface area contributed by atoms with Crippen molar-refractivity contribution < 1.29 is 4.74 Å². The number of hydrogen-bond acceptors (Lipinski definition) is 3. The minimum atomic E-state index is 0.342. The third-order valence-electron chi connectivity index (χ3n) is 2.11. The summed E-state index contributed by atoms with van der Waals surface area (Å²) >= 11 is 1.95. The molecule has 0 aromatic heterocycles. The average molecular weight is 205 g/mol. The van der Waals surface area contributed by atoms with Crippen molar-refractivity contribution in [1.82, 2.24) is 5.32 Å². The SMILES string of the molecule is CNC(CSCCOC)C(C)(C)C. The minimum absolute atomic E-state index is 0.342. The lowest BCUT2D eigenvalue weighted by Gasteiger charge is -2.30. The predicted octanol–water partition coefficient (Wildman–Crippen LogP) is 2.00. The third-order valence-corrected chi connectivity index (χ3v) is 3.13. The highest BCUT2D eigenvalue weighted by Crippen LogP contribution is 2.22. The summed E-state index contributed by atoms with van der Waals surface area (Å²) < 4.78 is 5.00. The molecule has 0 bridgehead atoms. The van der Waals surface area contributed by atoms with E-state index in [9.17, 15) is 0 Å². The van der Waals surface area contributed by atoms with Crippen LogP contribution in [0.5, 0.6) is 0 Å². The molecule has 0 rings (SSSR count). The topological polar surface area (TPSA) is 21.3 Å². The van der Waals surface area contributed by atoms with Crippen LogP contribution in [0.3, 0.4) is 0 Å². The summed E-state index contributed by atoms with van der Waals surface area (Å²) in [5, 5.41) is 3.36. The number of rotatable bonds is 6. The quantitative estimate of drug-likeness (QED) is 0.670. The van der Waals surface area contributed by atoms with Crippen LogP contribution in [0.2, 0.25) is 0 Å². The third kappa shape index (κ3) is 6.36. The second-order valence-corrected chi connectivity index (χ2v) is 5.42. The number of thioether (sulfide) groups is 1. The Morgan fingerprint density at radius 3 is 2.38 bits per heavy atom. The molecule has 0 heterocycles. The van der Waals surface area contributed by atoms with Crippen molar-refractivity contribution in [3.63, 3.8) is 0 Å². The molecular formula is C10H23NOS. The minimum Gasteiger partial charge on any atom is -0.384 e. The van der Waals surface area contributed by atoms with Crippen LogP contribution in [0.15, 0.2) is 0 Å². The summed E-state index contributed by atoms with van der Waals surface area (Å²) in [5.41, 5.74) is 0.342. The molecule has 0 fully saturated rings. The molecule has 0 aliphatic heterocycles. The van der Waals surface area contributed by atoms with Crippen molar-refractivity contribution in [3.8, 4) is 0 Å². The van der Waals surface area contributed by atoms with Crippen LogP contribution < -0.4 is 5.32 Å². The lowest BCUT2D eigenvalue weighted by Crippen LogP contribution is -2.40. The van der Waals surface area contributed by atoms with E-state index in [4.69, 9.17) is 4.74 Å². The summed E-state index contributed by atoms with van der Waals surface area (Å²) in [7, 11) is 3.78. The van der Waals surface area contributed by atoms with Gasteiger partial charge in [0.25, 0.3) is 0 Å². The second-order valence-electron chi connectivity index (χ2n) is 4.28. The first kappa shape index (κ1) is 13.3. The van der Waals surface area contributed by atoms with E-state index in [1.165, 1.54) is 0 Å². The zero-order valence-electron chi connectivity index (χ0n) is 9.52. The molecule has 0 spiro atoms. The first-order valence-electron chi connectivity index (χ1n) is 4.76. The van der Waals surface area contributed by atoms with Gasteiger partial charge >= 0.3 is 0 Å². The maximum Gasteiger partial charge on any atom is 0.0552 e. The molecule has 0 saturated carbocycles. The molecule has 2 nitrogen and oxygen atoms in total. The van der Waals surface area contributed by atoms with E-state index in [0.29, 0.717) is 11.5 Å². The van der Waals surface area contributed by atoms with Crippen molar-refractivity contribution in [2.45, 2.75) is 26.8 Å². The largest absolute Gasteiger partial charge is 0.384 e. The van der Waals surface area contributed by atoms with Crippen LogP contribution in [0.1, 0.15) is 20.8 Å². The molecule has 13 heavy (non-hydrogen) atoms. The molecule has 1 unspecified atom stereocenters. The van der Waals surface area contributed by atoms with Gasteiger partial charge in [-0.15, -0.1) is 0 Å². The maximum absolute atomic E-state index is 5.00. The van der Waals surface area contributed by atoms with Crippen molar-refractivity contribution in [3.05, 3.63) is 0 Å². The van der Waals surface area contributed by atoms with Gasteiger partial charge in [0.1, 0.15) is 0 Å². The first-order valence-corrected chi connectivity index (χ1v) is 5.91. The van der Waals surface area contributed by atoms with Gasteiger partial charge in [0.15, 0.2) is 0 Å². The highest BCUT2D eigenvalue weighted by molar-refractivity contribution is 7.99. The molecule has 3 heteroatoms. The highest BCUT2D eigenvalue weighted by atomic mass is 32.2. The van der Waals surface area contributed by atoms with Crippen LogP contribution in [-0.4, -0.2) is 38.3 Å². The van der Waals surface area contributed by atoms with Gasteiger partial charge in [-0.25, -0.2) is 0 Å². The summed E-state index contributed by atoms with van der Waals surface area (Å²) in [5.74, 6) is 2.24. The summed E-state index contributed by atoms with van der Waals surface area (Å²) in [6.45, 7) is 7.66. The number of methoxy groups -OCH3 is 1. The Bertz CT molecular complexity index is 123. The summed E-state index contributed by atoms with van der Waals surface area (Å²) in [4.78, 5) is 0. The molecule has 1 atom stereocenters. The van der Waals surface area contributed by atoms with Gasteiger partial charge in [-0.3, -0.25) is 0 Å². The lowest BCUT2D eigenvalue weighted by atomic mass is 9.88.